The Balaban J connectivity index is 1.08. The van der Waals surface area contributed by atoms with Crippen LogP contribution in [0.1, 0.15) is 65.8 Å². The van der Waals surface area contributed by atoms with Gasteiger partial charge in [0.05, 0.1) is 33.5 Å². The third kappa shape index (κ3) is 6.78. The standard InChI is InChI=1S/C71H54N2/c1-5-25-49(26-6-1)54-39-21-27-50-28-22-40-57(68(50)54)55-35-14-18-44-63(55)73(67-48-24-47-66-70(67)60-38-16-20-46-65(60)72(66)53-33-11-4-12-34-53)64-45-19-15-36-56(64)58-41-23-43-62-69(58)59-37-13-17-42-61(59)71(62,51-29-7-2-8-30-51)52-31-9-3-10-32-52/h2-4,7-24,27-49H,1,5-6,25-26H2. The fourth-order valence-corrected chi connectivity index (χ4v) is 13.3. The summed E-state index contributed by atoms with van der Waals surface area (Å²) < 4.78 is 2.44. The highest BCUT2D eigenvalue weighted by Crippen LogP contribution is 2.60. The number of fused-ring (bicyclic) bond motifs is 7. The normalized spacial score (nSPS) is 14.1. The SMILES string of the molecule is c1ccc(-n2c3ccccc3c3c(N(c4ccccc4-c4cccc5c4-c4ccccc4C5(c4ccccc4)c4ccccc4)c4ccccc4-c4cccc5cccc(C6CCCCC6)c45)cccc32)cc1. The highest BCUT2D eigenvalue weighted by molar-refractivity contribution is 6.18. The summed E-state index contributed by atoms with van der Waals surface area (Å²) in [6.07, 6.45) is 6.38. The van der Waals surface area contributed by atoms with E-state index in [2.05, 4.69) is 270 Å². The minimum absolute atomic E-state index is 0.527. The first-order valence-corrected chi connectivity index (χ1v) is 26.2. The summed E-state index contributed by atoms with van der Waals surface area (Å²) in [5.41, 5.74) is 20.4. The monoisotopic (exact) mass is 934 g/mol. The van der Waals surface area contributed by atoms with Gasteiger partial charge in [-0.2, -0.15) is 0 Å². The number of benzene rings is 11. The van der Waals surface area contributed by atoms with Gasteiger partial charge >= 0.3 is 0 Å². The van der Waals surface area contributed by atoms with Crippen molar-refractivity contribution in [3.05, 3.63) is 289 Å². The van der Waals surface area contributed by atoms with Crippen LogP contribution < -0.4 is 4.90 Å². The van der Waals surface area contributed by atoms with E-state index < -0.39 is 5.41 Å². The molecule has 348 valence electrons. The van der Waals surface area contributed by atoms with Gasteiger partial charge in [0.1, 0.15) is 0 Å². The maximum Gasteiger partial charge on any atom is 0.0713 e. The lowest BCUT2D eigenvalue weighted by molar-refractivity contribution is 0.445. The molecule has 0 atom stereocenters. The second-order valence-corrected chi connectivity index (χ2v) is 20.1. The molecule has 0 spiro atoms. The average Bonchev–Trinajstić information content (AvgIpc) is 3.98. The molecule has 73 heavy (non-hydrogen) atoms. The van der Waals surface area contributed by atoms with Gasteiger partial charge in [0.15, 0.2) is 0 Å². The van der Waals surface area contributed by atoms with Crippen LogP contribution >= 0.6 is 0 Å². The van der Waals surface area contributed by atoms with Crippen molar-refractivity contribution < 1.29 is 0 Å². The zero-order valence-corrected chi connectivity index (χ0v) is 40.8. The number of hydrogen-bond donors (Lipinski definition) is 0. The van der Waals surface area contributed by atoms with Crippen molar-refractivity contribution in [1.29, 1.82) is 0 Å². The van der Waals surface area contributed by atoms with Gasteiger partial charge in [0.2, 0.25) is 0 Å². The molecule has 0 bridgehead atoms. The number of hydrogen-bond acceptors (Lipinski definition) is 1. The zero-order valence-electron chi connectivity index (χ0n) is 40.8. The lowest BCUT2D eigenvalue weighted by Gasteiger charge is -2.34. The predicted octanol–water partition coefficient (Wildman–Crippen LogP) is 19.2. The Morgan fingerprint density at radius 1 is 0.356 bits per heavy atom. The van der Waals surface area contributed by atoms with Crippen LogP contribution in [-0.2, 0) is 5.41 Å². The fraction of sp³-hybridized carbons (Fsp3) is 0.0986. The molecule has 1 heterocycles. The lowest BCUT2D eigenvalue weighted by Crippen LogP contribution is -2.28. The summed E-state index contributed by atoms with van der Waals surface area (Å²) in [5, 5.41) is 5.11. The Morgan fingerprint density at radius 3 is 1.59 bits per heavy atom. The third-order valence-electron chi connectivity index (χ3n) is 16.3. The van der Waals surface area contributed by atoms with Crippen LogP contribution in [0.3, 0.4) is 0 Å². The van der Waals surface area contributed by atoms with Crippen LogP contribution in [0.2, 0.25) is 0 Å². The number of para-hydroxylation sites is 4. The molecule has 0 saturated heterocycles. The maximum atomic E-state index is 2.61. The first-order chi connectivity index (χ1) is 36.3. The van der Waals surface area contributed by atoms with Crippen molar-refractivity contribution in [3.63, 3.8) is 0 Å². The van der Waals surface area contributed by atoms with Gasteiger partial charge in [0.25, 0.3) is 0 Å². The van der Waals surface area contributed by atoms with Crippen molar-refractivity contribution in [1.82, 2.24) is 4.57 Å². The molecular formula is C71H54N2. The summed E-state index contributed by atoms with van der Waals surface area (Å²) in [6.45, 7) is 0. The van der Waals surface area contributed by atoms with E-state index in [1.54, 1.807) is 0 Å². The molecule has 2 aliphatic carbocycles. The van der Waals surface area contributed by atoms with E-state index in [0.29, 0.717) is 5.92 Å². The van der Waals surface area contributed by atoms with E-state index in [9.17, 15) is 0 Å². The van der Waals surface area contributed by atoms with Gasteiger partial charge in [-0.05, 0) is 122 Å². The molecule has 2 nitrogen and oxygen atoms in total. The van der Waals surface area contributed by atoms with Crippen LogP contribution in [0.5, 0.6) is 0 Å². The molecule has 2 heteroatoms. The Bertz CT molecular complexity index is 3970. The first kappa shape index (κ1) is 43.1. The Labute approximate surface area is 428 Å². The van der Waals surface area contributed by atoms with Crippen molar-refractivity contribution >= 4 is 49.6 Å². The smallest absolute Gasteiger partial charge is 0.0713 e. The molecule has 0 amide bonds. The molecule has 1 fully saturated rings. The molecule has 0 unspecified atom stereocenters. The maximum absolute atomic E-state index is 2.61. The molecule has 11 aromatic carbocycles. The largest absolute Gasteiger partial charge is 0.309 e. The minimum Gasteiger partial charge on any atom is -0.309 e. The van der Waals surface area contributed by atoms with Gasteiger partial charge in [-0.1, -0.05) is 238 Å². The number of anilines is 3. The quantitative estimate of drug-likeness (QED) is 0.140. The lowest BCUT2D eigenvalue weighted by atomic mass is 9.67. The van der Waals surface area contributed by atoms with Gasteiger partial charge in [-0.15, -0.1) is 0 Å². The summed E-state index contributed by atoms with van der Waals surface area (Å²) >= 11 is 0. The molecule has 0 aliphatic heterocycles. The predicted molar refractivity (Wildman–Crippen MR) is 307 cm³/mol. The molecule has 0 N–H and O–H groups in total. The molecule has 2 aliphatic rings. The second kappa shape index (κ2) is 17.8. The van der Waals surface area contributed by atoms with E-state index in [4.69, 9.17) is 0 Å². The van der Waals surface area contributed by atoms with Crippen molar-refractivity contribution in [2.75, 3.05) is 4.90 Å². The first-order valence-electron chi connectivity index (χ1n) is 26.2. The number of rotatable bonds is 9. The molecular weight excluding hydrogens is 881 g/mol. The highest BCUT2D eigenvalue weighted by atomic mass is 15.2. The zero-order chi connectivity index (χ0) is 48.3. The summed E-state index contributed by atoms with van der Waals surface area (Å²) in [7, 11) is 0. The van der Waals surface area contributed by atoms with E-state index in [0.717, 1.165) is 22.7 Å². The van der Waals surface area contributed by atoms with Gasteiger partial charge in [0, 0.05) is 27.6 Å². The van der Waals surface area contributed by atoms with Crippen LogP contribution in [0, 0.1) is 0 Å². The van der Waals surface area contributed by atoms with Gasteiger partial charge in [-0.25, -0.2) is 0 Å². The topological polar surface area (TPSA) is 8.17 Å². The second-order valence-electron chi connectivity index (χ2n) is 20.1. The molecule has 1 saturated carbocycles. The van der Waals surface area contributed by atoms with E-state index in [1.165, 1.54) is 126 Å². The molecule has 12 aromatic rings. The van der Waals surface area contributed by atoms with Crippen LogP contribution in [0.4, 0.5) is 17.1 Å². The van der Waals surface area contributed by atoms with E-state index in [-0.39, 0.29) is 0 Å². The highest BCUT2D eigenvalue weighted by Gasteiger charge is 2.47. The van der Waals surface area contributed by atoms with Crippen LogP contribution in [0.15, 0.2) is 261 Å². The minimum atomic E-state index is -0.527. The molecule has 1 aromatic heterocycles. The van der Waals surface area contributed by atoms with E-state index >= 15 is 0 Å². The average molecular weight is 935 g/mol. The molecule has 0 radical (unpaired) electrons. The Hall–Kier alpha value is -8.72. The van der Waals surface area contributed by atoms with Crippen LogP contribution in [-0.4, -0.2) is 4.57 Å². The Kier molecular flexibility index (Phi) is 10.5. The number of nitrogens with zero attached hydrogens (tertiary/aromatic N) is 2. The fourth-order valence-electron chi connectivity index (χ4n) is 13.3. The van der Waals surface area contributed by atoms with Crippen molar-refractivity contribution in [2.45, 2.75) is 43.4 Å². The molecule has 14 rings (SSSR count). The van der Waals surface area contributed by atoms with Gasteiger partial charge < -0.3 is 9.47 Å². The number of aromatic nitrogens is 1. The van der Waals surface area contributed by atoms with Gasteiger partial charge in [-0.3, -0.25) is 0 Å². The van der Waals surface area contributed by atoms with Crippen molar-refractivity contribution in [3.8, 4) is 39.1 Å². The Morgan fingerprint density at radius 2 is 0.863 bits per heavy atom. The summed E-state index contributed by atoms with van der Waals surface area (Å²) in [6, 6.07) is 97.6. The summed E-state index contributed by atoms with van der Waals surface area (Å²) in [4.78, 5) is 2.61. The summed E-state index contributed by atoms with van der Waals surface area (Å²) in [5.74, 6) is 0.544. The third-order valence-corrected chi connectivity index (χ3v) is 16.3. The van der Waals surface area contributed by atoms with Crippen molar-refractivity contribution in [2.24, 2.45) is 0 Å². The van der Waals surface area contributed by atoms with Crippen LogP contribution in [0.25, 0.3) is 71.6 Å². The van der Waals surface area contributed by atoms with E-state index in [1.807, 2.05) is 0 Å².